The first kappa shape index (κ1) is 17.3. The van der Waals surface area contributed by atoms with E-state index in [4.69, 9.17) is 4.74 Å². The fraction of sp³-hybridized carbons (Fsp3) is 0.529. The van der Waals surface area contributed by atoms with E-state index in [2.05, 4.69) is 10.6 Å². The maximum Gasteiger partial charge on any atom is 0.315 e. The quantitative estimate of drug-likeness (QED) is 0.741. The number of hydrogen-bond donors (Lipinski definition) is 2. The van der Waals surface area contributed by atoms with Crippen molar-refractivity contribution < 1.29 is 14.3 Å². The summed E-state index contributed by atoms with van der Waals surface area (Å²) in [6.07, 6.45) is 2.56. The van der Waals surface area contributed by atoms with Gasteiger partial charge in [0.15, 0.2) is 0 Å². The predicted molar refractivity (Wildman–Crippen MR) is 88.2 cm³/mol. The second-order valence-corrected chi connectivity index (χ2v) is 5.67. The molecule has 1 aliphatic heterocycles. The van der Waals surface area contributed by atoms with Crippen molar-refractivity contribution in [2.75, 3.05) is 33.4 Å². The number of carbonyl (C=O) groups is 2. The van der Waals surface area contributed by atoms with Gasteiger partial charge in [0.25, 0.3) is 0 Å². The zero-order chi connectivity index (χ0) is 16.5. The molecule has 1 atom stereocenters. The molecule has 1 aromatic rings. The van der Waals surface area contributed by atoms with E-state index in [0.717, 1.165) is 31.5 Å². The van der Waals surface area contributed by atoms with Gasteiger partial charge in [0.05, 0.1) is 6.61 Å². The molecule has 0 aromatic heterocycles. The summed E-state index contributed by atoms with van der Waals surface area (Å²) in [5, 5.41) is 5.50. The second-order valence-electron chi connectivity index (χ2n) is 5.67. The number of hydrogen-bond acceptors (Lipinski definition) is 3. The van der Waals surface area contributed by atoms with E-state index >= 15 is 0 Å². The maximum atomic E-state index is 12.7. The summed E-state index contributed by atoms with van der Waals surface area (Å²) in [4.78, 5) is 26.5. The van der Waals surface area contributed by atoms with Crippen molar-refractivity contribution >= 4 is 11.9 Å². The van der Waals surface area contributed by atoms with Crippen molar-refractivity contribution in [2.24, 2.45) is 0 Å². The van der Waals surface area contributed by atoms with Gasteiger partial charge in [-0.05, 0) is 18.4 Å². The summed E-state index contributed by atoms with van der Waals surface area (Å²) in [5.74, 6) is -0.00626. The van der Waals surface area contributed by atoms with E-state index < -0.39 is 6.04 Å². The average molecular weight is 319 g/mol. The number of nitrogens with zero attached hydrogens (tertiary/aromatic N) is 1. The summed E-state index contributed by atoms with van der Waals surface area (Å²) in [7, 11) is 1.58. The molecule has 1 fully saturated rings. The number of amides is 3. The number of nitrogens with one attached hydrogen (secondary N) is 2. The lowest BCUT2D eigenvalue weighted by molar-refractivity contribution is -0.132. The van der Waals surface area contributed by atoms with Crippen molar-refractivity contribution in [1.29, 1.82) is 0 Å². The Kier molecular flexibility index (Phi) is 6.87. The molecule has 2 N–H and O–H groups in total. The summed E-state index contributed by atoms with van der Waals surface area (Å²) < 4.78 is 4.90. The molecule has 6 nitrogen and oxygen atoms in total. The molecular formula is C17H25N3O3. The van der Waals surface area contributed by atoms with Crippen LogP contribution in [0.25, 0.3) is 0 Å². The standard InChI is InChI=1S/C17H25N3O3/c1-23-12-9-18-17(22)19-15(13-14-7-3-2-4-8-14)16(21)20-10-5-6-11-20/h2-4,7-8,15H,5-6,9-13H2,1H3,(H2,18,19,22)/t15-/m1/s1. The summed E-state index contributed by atoms with van der Waals surface area (Å²) in [6.45, 7) is 2.41. The molecule has 2 rings (SSSR count). The number of benzene rings is 1. The summed E-state index contributed by atoms with van der Waals surface area (Å²) >= 11 is 0. The van der Waals surface area contributed by atoms with Gasteiger partial charge in [0.2, 0.25) is 5.91 Å². The molecular weight excluding hydrogens is 294 g/mol. The Morgan fingerprint density at radius 1 is 1.22 bits per heavy atom. The first-order chi connectivity index (χ1) is 11.2. The van der Waals surface area contributed by atoms with Crippen molar-refractivity contribution in [3.63, 3.8) is 0 Å². The van der Waals surface area contributed by atoms with Crippen LogP contribution in [-0.2, 0) is 16.0 Å². The molecule has 1 aliphatic rings. The third-order valence-corrected chi connectivity index (χ3v) is 3.90. The average Bonchev–Trinajstić information content (AvgIpc) is 3.09. The normalized spacial score (nSPS) is 15.3. The van der Waals surface area contributed by atoms with Crippen LogP contribution in [0.4, 0.5) is 4.79 Å². The lowest BCUT2D eigenvalue weighted by atomic mass is 10.0. The Labute approximate surface area is 137 Å². The molecule has 3 amide bonds. The molecule has 0 saturated carbocycles. The maximum absolute atomic E-state index is 12.7. The first-order valence-electron chi connectivity index (χ1n) is 8.06. The Balaban J connectivity index is 1.98. The molecule has 1 aromatic carbocycles. The Bertz CT molecular complexity index is 501. The minimum absolute atomic E-state index is 0.00626. The van der Waals surface area contributed by atoms with Gasteiger partial charge in [-0.15, -0.1) is 0 Å². The lowest BCUT2D eigenvalue weighted by Crippen LogP contribution is -2.52. The van der Waals surface area contributed by atoms with Crippen LogP contribution in [-0.4, -0.2) is 56.2 Å². The largest absolute Gasteiger partial charge is 0.383 e. The molecule has 0 radical (unpaired) electrons. The van der Waals surface area contributed by atoms with Crippen LogP contribution in [0.5, 0.6) is 0 Å². The molecule has 6 heteroatoms. The molecule has 0 unspecified atom stereocenters. The SMILES string of the molecule is COCCNC(=O)N[C@H](Cc1ccccc1)C(=O)N1CCCC1. The van der Waals surface area contributed by atoms with E-state index in [9.17, 15) is 9.59 Å². The number of rotatable bonds is 7. The van der Waals surface area contributed by atoms with Crippen LogP contribution in [0, 0.1) is 0 Å². The highest BCUT2D eigenvalue weighted by Crippen LogP contribution is 2.12. The predicted octanol–water partition coefficient (Wildman–Crippen LogP) is 1.17. The van der Waals surface area contributed by atoms with Crippen LogP contribution in [0.15, 0.2) is 30.3 Å². The van der Waals surface area contributed by atoms with E-state index in [1.807, 2.05) is 35.2 Å². The zero-order valence-electron chi connectivity index (χ0n) is 13.6. The van der Waals surface area contributed by atoms with Crippen LogP contribution >= 0.6 is 0 Å². The van der Waals surface area contributed by atoms with Crippen LogP contribution in [0.3, 0.4) is 0 Å². The smallest absolute Gasteiger partial charge is 0.315 e. The van der Waals surface area contributed by atoms with Crippen LogP contribution in [0.1, 0.15) is 18.4 Å². The van der Waals surface area contributed by atoms with Gasteiger partial charge in [0.1, 0.15) is 6.04 Å². The van der Waals surface area contributed by atoms with E-state index in [0.29, 0.717) is 19.6 Å². The van der Waals surface area contributed by atoms with Gasteiger partial charge in [-0.3, -0.25) is 4.79 Å². The summed E-state index contributed by atoms with van der Waals surface area (Å²) in [6, 6.07) is 8.86. The minimum Gasteiger partial charge on any atom is -0.383 e. The van der Waals surface area contributed by atoms with Gasteiger partial charge in [-0.1, -0.05) is 30.3 Å². The number of methoxy groups -OCH3 is 1. The highest BCUT2D eigenvalue weighted by Gasteiger charge is 2.27. The van der Waals surface area contributed by atoms with Gasteiger partial charge in [0, 0.05) is 33.2 Å². The Morgan fingerprint density at radius 2 is 1.91 bits per heavy atom. The molecule has 0 spiro atoms. The monoisotopic (exact) mass is 319 g/mol. The minimum atomic E-state index is -0.543. The summed E-state index contributed by atoms with van der Waals surface area (Å²) in [5.41, 5.74) is 1.03. The molecule has 0 aliphatic carbocycles. The van der Waals surface area contributed by atoms with Crippen LogP contribution < -0.4 is 10.6 Å². The van der Waals surface area contributed by atoms with Crippen molar-refractivity contribution in [1.82, 2.24) is 15.5 Å². The molecule has 126 valence electrons. The van der Waals surface area contributed by atoms with Gasteiger partial charge in [-0.2, -0.15) is 0 Å². The van der Waals surface area contributed by atoms with E-state index in [1.54, 1.807) is 7.11 Å². The molecule has 1 heterocycles. The third kappa shape index (κ3) is 5.56. The van der Waals surface area contributed by atoms with E-state index in [-0.39, 0.29) is 11.9 Å². The van der Waals surface area contributed by atoms with Crippen LogP contribution in [0.2, 0.25) is 0 Å². The number of carbonyl (C=O) groups excluding carboxylic acids is 2. The van der Waals surface area contributed by atoms with Gasteiger partial charge in [-0.25, -0.2) is 4.79 Å². The van der Waals surface area contributed by atoms with Crippen molar-refractivity contribution in [3.8, 4) is 0 Å². The Morgan fingerprint density at radius 3 is 2.57 bits per heavy atom. The molecule has 23 heavy (non-hydrogen) atoms. The fourth-order valence-corrected chi connectivity index (χ4v) is 2.68. The number of likely N-dealkylation sites (tertiary alicyclic amines) is 1. The molecule has 0 bridgehead atoms. The molecule has 1 saturated heterocycles. The number of urea groups is 1. The first-order valence-corrected chi connectivity index (χ1v) is 8.06. The topological polar surface area (TPSA) is 70.7 Å². The second kappa shape index (κ2) is 9.15. The third-order valence-electron chi connectivity index (χ3n) is 3.90. The lowest BCUT2D eigenvalue weighted by Gasteiger charge is -2.24. The highest BCUT2D eigenvalue weighted by molar-refractivity contribution is 5.87. The Hall–Kier alpha value is -2.08. The zero-order valence-corrected chi connectivity index (χ0v) is 13.6. The highest BCUT2D eigenvalue weighted by atomic mass is 16.5. The fourth-order valence-electron chi connectivity index (χ4n) is 2.68. The van der Waals surface area contributed by atoms with Gasteiger partial charge < -0.3 is 20.3 Å². The number of ether oxygens (including phenoxy) is 1. The van der Waals surface area contributed by atoms with E-state index in [1.165, 1.54) is 0 Å². The van der Waals surface area contributed by atoms with Crippen molar-refractivity contribution in [2.45, 2.75) is 25.3 Å². The van der Waals surface area contributed by atoms with Gasteiger partial charge >= 0.3 is 6.03 Å². The van der Waals surface area contributed by atoms with Crippen molar-refractivity contribution in [3.05, 3.63) is 35.9 Å².